The van der Waals surface area contributed by atoms with Crippen LogP contribution in [0, 0.1) is 10.1 Å². The number of carbonyl (C=O) groups is 8. The maximum atomic E-state index is 13.9. The van der Waals surface area contributed by atoms with Crippen molar-refractivity contribution in [2.75, 3.05) is 39.3 Å². The molecule has 7 atom stereocenters. The number of hydrogen-bond acceptors (Lipinski definition) is 13. The summed E-state index contributed by atoms with van der Waals surface area (Å²) in [5.74, 6) is -6.13. The van der Waals surface area contributed by atoms with Gasteiger partial charge in [0, 0.05) is 51.2 Å². The molecule has 0 aliphatic carbocycles. The molecule has 2 aromatic carbocycles. The molecule has 0 saturated carbocycles. The molecule has 3 heterocycles. The average Bonchev–Trinajstić information content (AvgIpc) is 4.13. The fourth-order valence-corrected chi connectivity index (χ4v) is 8.65. The Balaban J connectivity index is 1.18. The number of nitrogens with one attached hydrogen (secondary N) is 4. The summed E-state index contributed by atoms with van der Waals surface area (Å²) >= 11 is 0. The first-order valence-electron chi connectivity index (χ1n) is 22.5. The molecule has 5 rings (SSSR count). The number of carboxylic acid groups (broad SMARTS) is 1. The van der Waals surface area contributed by atoms with Gasteiger partial charge in [0.05, 0.1) is 24.1 Å². The van der Waals surface area contributed by atoms with Crippen LogP contribution in [0.5, 0.6) is 0 Å². The number of nitro benzene ring substituents is 1. The Morgan fingerprint density at radius 3 is 1.91 bits per heavy atom. The van der Waals surface area contributed by atoms with Crippen molar-refractivity contribution in [3.8, 4) is 0 Å². The molecule has 0 spiro atoms. The molecule has 0 aromatic heterocycles. The van der Waals surface area contributed by atoms with Crippen LogP contribution in [0.15, 0.2) is 59.6 Å². The Hall–Kier alpha value is -7.21. The second-order valence-corrected chi connectivity index (χ2v) is 16.9. The van der Waals surface area contributed by atoms with E-state index in [0.717, 1.165) is 4.90 Å². The molecule has 24 heteroatoms. The number of likely N-dealkylation sites (tertiary alicyclic amines) is 3. The summed E-state index contributed by atoms with van der Waals surface area (Å²) in [7, 11) is 0. The molecule has 68 heavy (non-hydrogen) atoms. The molecule has 0 unspecified atom stereocenters. The van der Waals surface area contributed by atoms with Crippen LogP contribution in [0.1, 0.15) is 62.5 Å². The van der Waals surface area contributed by atoms with Crippen LogP contribution in [-0.2, 0) is 51.2 Å². The number of aliphatic carboxylic acids is 1. The molecule has 0 bridgehead atoms. The van der Waals surface area contributed by atoms with Crippen LogP contribution in [0.2, 0.25) is 0 Å². The van der Waals surface area contributed by atoms with Gasteiger partial charge in [-0.3, -0.25) is 48.7 Å². The number of non-ortho nitro benzene ring substituents is 1. The Bertz CT molecular complexity index is 2190. The summed E-state index contributed by atoms with van der Waals surface area (Å²) in [6.07, 6.45) is 2.73. The third kappa shape index (κ3) is 13.9. The van der Waals surface area contributed by atoms with E-state index >= 15 is 0 Å². The highest BCUT2D eigenvalue weighted by Gasteiger charge is 2.43. The monoisotopic (exact) mass is 948 g/mol. The number of aliphatic hydroxyl groups is 1. The normalized spacial score (nSPS) is 19.5. The van der Waals surface area contributed by atoms with Gasteiger partial charge in [-0.15, -0.1) is 0 Å². The number of hydrogen-bond donors (Lipinski definition) is 9. The van der Waals surface area contributed by atoms with E-state index in [9.17, 15) is 58.7 Å². The van der Waals surface area contributed by atoms with E-state index in [1.54, 1.807) is 30.3 Å². The first-order chi connectivity index (χ1) is 32.5. The second kappa shape index (κ2) is 24.5. The van der Waals surface area contributed by atoms with Crippen molar-refractivity contribution in [2.45, 2.75) is 107 Å². The topological polar surface area (TPSA) is 368 Å². The predicted octanol–water partition coefficient (Wildman–Crippen LogP) is -2.62. The average molecular weight is 949 g/mol. The lowest BCUT2D eigenvalue weighted by Crippen LogP contribution is -2.59. The third-order valence-corrected chi connectivity index (χ3v) is 12.1. The number of carbonyl (C=O) groups excluding carboxylic acids is 7. The number of aliphatic imine (C=N–C) groups is 1. The minimum Gasteiger partial charge on any atom is -0.480 e. The number of guanidine groups is 1. The highest BCUT2D eigenvalue weighted by molar-refractivity contribution is 5.97. The number of nitrogens with zero attached hydrogens (tertiary/aromatic N) is 5. The van der Waals surface area contributed by atoms with Gasteiger partial charge in [0.1, 0.15) is 36.3 Å². The van der Waals surface area contributed by atoms with Gasteiger partial charge in [-0.2, -0.15) is 0 Å². The Kier molecular flexibility index (Phi) is 18.7. The van der Waals surface area contributed by atoms with Crippen LogP contribution < -0.4 is 38.5 Å². The molecule has 12 N–H and O–H groups in total. The summed E-state index contributed by atoms with van der Waals surface area (Å²) < 4.78 is 0. The quantitative estimate of drug-likeness (QED) is 0.0192. The van der Waals surface area contributed by atoms with Crippen LogP contribution in [-0.4, -0.2) is 165 Å². The summed E-state index contributed by atoms with van der Waals surface area (Å²) in [5.41, 5.74) is 17.7. The smallest absolute Gasteiger partial charge is 0.326 e. The van der Waals surface area contributed by atoms with Gasteiger partial charge in [0.2, 0.25) is 41.4 Å². The standard InChI is InChI=1S/C44H60N12O12/c45-29(10-4-18-48-44(46)47)40(62)55-21-7-13-35(55)42(64)54-20-5-11-33(54)38(60)49-24-36(58)50-30(22-26-8-2-1-3-9-26)37(59)52-32(25-57)41(63)53-19-6-12-34(53)39(61)51-31(43(65)66)23-27-14-16-28(17-15-27)56(67)68/h1-3,8-9,14-17,29-35,57H,4-7,10-13,18-25,45H2,(H,49,60)(H,50,58)(H,51,61)(H,52,59)(H,65,66)(H4,46,47,48)/t29-,30-,31-,32-,33-,34-,35-/m0/s1. The van der Waals surface area contributed by atoms with Crippen LogP contribution in [0.4, 0.5) is 5.69 Å². The first-order valence-corrected chi connectivity index (χ1v) is 22.5. The molecule has 3 aliphatic rings. The summed E-state index contributed by atoms with van der Waals surface area (Å²) in [6, 6.07) is 5.61. The SMILES string of the molecule is NC(N)=NCCC[C@H](N)C(=O)N1CCC[C@H]1C(=O)N1CCC[C@H]1C(=O)NCC(=O)N[C@@H](Cc1ccccc1)C(=O)N[C@@H](CO)C(=O)N1CCC[C@H]1C(=O)N[C@@H](Cc1ccc([N+](=O)[O-])cc1)C(=O)O. The third-order valence-electron chi connectivity index (χ3n) is 12.1. The van der Waals surface area contributed by atoms with Gasteiger partial charge in [-0.1, -0.05) is 42.5 Å². The highest BCUT2D eigenvalue weighted by Crippen LogP contribution is 2.26. The van der Waals surface area contributed by atoms with E-state index in [1.807, 2.05) is 0 Å². The molecule has 24 nitrogen and oxygen atoms in total. The van der Waals surface area contributed by atoms with Gasteiger partial charge in [0.15, 0.2) is 5.96 Å². The van der Waals surface area contributed by atoms with Crippen molar-refractivity contribution in [3.05, 3.63) is 75.8 Å². The Labute approximate surface area is 391 Å². The van der Waals surface area contributed by atoms with Crippen molar-refractivity contribution >= 4 is 59.0 Å². The highest BCUT2D eigenvalue weighted by atomic mass is 16.6. The minimum absolute atomic E-state index is 0.0469. The zero-order valence-electron chi connectivity index (χ0n) is 37.5. The number of nitrogens with two attached hydrogens (primary N) is 3. The molecule has 2 aromatic rings. The predicted molar refractivity (Wildman–Crippen MR) is 243 cm³/mol. The number of nitro groups is 1. The minimum atomic E-state index is -1.58. The molecule has 3 aliphatic heterocycles. The number of benzene rings is 2. The first kappa shape index (κ1) is 51.8. The van der Waals surface area contributed by atoms with Crippen LogP contribution in [0.25, 0.3) is 0 Å². The molecule has 3 saturated heterocycles. The van der Waals surface area contributed by atoms with Gasteiger partial charge < -0.3 is 63.4 Å². The number of aliphatic hydroxyl groups excluding tert-OH is 1. The molecular formula is C44H60N12O12. The Morgan fingerprint density at radius 1 is 0.735 bits per heavy atom. The van der Waals surface area contributed by atoms with Crippen molar-refractivity contribution in [1.29, 1.82) is 0 Å². The van der Waals surface area contributed by atoms with E-state index in [-0.39, 0.29) is 49.9 Å². The largest absolute Gasteiger partial charge is 0.480 e. The molecule has 7 amide bonds. The van der Waals surface area contributed by atoms with Crippen LogP contribution in [0.3, 0.4) is 0 Å². The van der Waals surface area contributed by atoms with Crippen molar-refractivity contribution in [2.24, 2.45) is 22.2 Å². The van der Waals surface area contributed by atoms with Gasteiger partial charge in [0.25, 0.3) is 5.69 Å². The van der Waals surface area contributed by atoms with E-state index in [1.165, 1.54) is 34.1 Å². The number of carboxylic acids is 1. The lowest BCUT2D eigenvalue weighted by molar-refractivity contribution is -0.384. The summed E-state index contributed by atoms with van der Waals surface area (Å²) in [5, 5.41) is 41.3. The second-order valence-electron chi connectivity index (χ2n) is 16.9. The van der Waals surface area contributed by atoms with E-state index in [0.29, 0.717) is 69.2 Å². The zero-order chi connectivity index (χ0) is 49.5. The van der Waals surface area contributed by atoms with Gasteiger partial charge in [-0.05, 0) is 62.5 Å². The number of rotatable bonds is 22. The van der Waals surface area contributed by atoms with Crippen molar-refractivity contribution < 1.29 is 53.5 Å². The fraction of sp³-hybridized carbons (Fsp3) is 0.523. The van der Waals surface area contributed by atoms with Crippen molar-refractivity contribution in [3.63, 3.8) is 0 Å². The molecule has 3 fully saturated rings. The van der Waals surface area contributed by atoms with Gasteiger partial charge in [-0.25, -0.2) is 4.79 Å². The molecule has 368 valence electrons. The lowest BCUT2D eigenvalue weighted by atomic mass is 10.0. The van der Waals surface area contributed by atoms with E-state index in [2.05, 4.69) is 26.3 Å². The van der Waals surface area contributed by atoms with E-state index in [4.69, 9.17) is 17.2 Å². The van der Waals surface area contributed by atoms with E-state index < -0.39 is 102 Å². The zero-order valence-corrected chi connectivity index (χ0v) is 37.5. The van der Waals surface area contributed by atoms with Gasteiger partial charge >= 0.3 is 5.97 Å². The maximum Gasteiger partial charge on any atom is 0.326 e. The molecular weight excluding hydrogens is 889 g/mol. The lowest BCUT2D eigenvalue weighted by Gasteiger charge is -2.32. The van der Waals surface area contributed by atoms with Crippen LogP contribution >= 0.6 is 0 Å². The maximum absolute atomic E-state index is 13.9. The fourth-order valence-electron chi connectivity index (χ4n) is 8.65. The molecule has 0 radical (unpaired) electrons. The Morgan fingerprint density at radius 2 is 1.31 bits per heavy atom. The summed E-state index contributed by atoms with van der Waals surface area (Å²) in [4.78, 5) is 126. The number of amides is 7. The van der Waals surface area contributed by atoms with Crippen molar-refractivity contribution in [1.82, 2.24) is 36.0 Å². The summed E-state index contributed by atoms with van der Waals surface area (Å²) in [6.45, 7) is -0.564.